The Morgan fingerprint density at radius 2 is 0.982 bits per heavy atom. The summed E-state index contributed by atoms with van der Waals surface area (Å²) in [6.45, 7) is 4.72. The van der Waals surface area contributed by atoms with Crippen molar-refractivity contribution in [3.8, 4) is 33.4 Å². The predicted octanol–water partition coefficient (Wildman–Crippen LogP) is 15.0. The van der Waals surface area contributed by atoms with Crippen LogP contribution in [0.3, 0.4) is 0 Å². The van der Waals surface area contributed by atoms with Gasteiger partial charge >= 0.3 is 0 Å². The Labute approximate surface area is 320 Å². The maximum Gasteiger partial charge on any atom is 0.143 e. The first kappa shape index (κ1) is 31.6. The van der Waals surface area contributed by atoms with Crippen LogP contribution in [0, 0.1) is 0 Å². The average molecular weight is 704 g/mol. The second kappa shape index (κ2) is 12.1. The molecule has 0 spiro atoms. The monoisotopic (exact) mass is 703 g/mol. The van der Waals surface area contributed by atoms with Gasteiger partial charge in [0, 0.05) is 38.3 Å². The number of hydrogen-bond donors (Lipinski definition) is 0. The van der Waals surface area contributed by atoms with Crippen LogP contribution >= 0.6 is 0 Å². The highest BCUT2D eigenvalue weighted by Gasteiger charge is 2.37. The van der Waals surface area contributed by atoms with Crippen molar-refractivity contribution in [2.75, 3.05) is 4.90 Å². The number of furan rings is 1. The highest BCUT2D eigenvalue weighted by Crippen LogP contribution is 2.52. The molecule has 0 amide bonds. The van der Waals surface area contributed by atoms with Gasteiger partial charge in [-0.05, 0) is 97.7 Å². The van der Waals surface area contributed by atoms with Crippen LogP contribution < -0.4 is 4.90 Å². The highest BCUT2D eigenvalue weighted by atomic mass is 16.3. The summed E-state index contributed by atoms with van der Waals surface area (Å²) in [6.07, 6.45) is 0. The van der Waals surface area contributed by atoms with Crippen molar-refractivity contribution in [2.45, 2.75) is 19.3 Å². The van der Waals surface area contributed by atoms with E-state index in [4.69, 9.17) is 4.42 Å². The fourth-order valence-electron chi connectivity index (χ4n) is 9.29. The smallest absolute Gasteiger partial charge is 0.143 e. The first-order valence-electron chi connectivity index (χ1n) is 19.1. The van der Waals surface area contributed by atoms with E-state index in [-0.39, 0.29) is 5.41 Å². The van der Waals surface area contributed by atoms with Crippen LogP contribution in [0.1, 0.15) is 25.0 Å². The molecule has 0 atom stereocenters. The maximum atomic E-state index is 6.53. The van der Waals surface area contributed by atoms with Crippen LogP contribution in [0.2, 0.25) is 0 Å². The summed E-state index contributed by atoms with van der Waals surface area (Å²) in [6, 6.07) is 68.3. The van der Waals surface area contributed by atoms with Gasteiger partial charge in [-0.2, -0.15) is 0 Å². The number of benzene rings is 9. The van der Waals surface area contributed by atoms with Crippen molar-refractivity contribution in [1.82, 2.24) is 0 Å². The molecule has 1 aliphatic carbocycles. The third-order valence-corrected chi connectivity index (χ3v) is 11.8. The number of rotatable bonds is 5. The Morgan fingerprint density at radius 3 is 1.76 bits per heavy atom. The van der Waals surface area contributed by atoms with Gasteiger partial charge in [-0.1, -0.05) is 159 Å². The molecule has 260 valence electrons. The van der Waals surface area contributed by atoms with Crippen molar-refractivity contribution in [2.24, 2.45) is 0 Å². The fourth-order valence-corrected chi connectivity index (χ4v) is 9.29. The van der Waals surface area contributed by atoms with E-state index in [1.54, 1.807) is 0 Å². The van der Waals surface area contributed by atoms with Crippen LogP contribution in [0.5, 0.6) is 0 Å². The highest BCUT2D eigenvalue weighted by molar-refractivity contribution is 6.19. The first-order chi connectivity index (χ1) is 27.0. The fraction of sp³-hybridized carbons (Fsp3) is 0.0566. The zero-order valence-corrected chi connectivity index (χ0v) is 30.8. The van der Waals surface area contributed by atoms with E-state index in [1.165, 1.54) is 55.1 Å². The second-order valence-corrected chi connectivity index (χ2v) is 15.3. The zero-order valence-electron chi connectivity index (χ0n) is 30.8. The largest absolute Gasteiger partial charge is 0.455 e. The predicted molar refractivity (Wildman–Crippen MR) is 232 cm³/mol. The first-order valence-corrected chi connectivity index (χ1v) is 19.1. The van der Waals surface area contributed by atoms with Gasteiger partial charge in [-0.3, -0.25) is 0 Å². The summed E-state index contributed by atoms with van der Waals surface area (Å²) in [5.74, 6) is 0. The van der Waals surface area contributed by atoms with Gasteiger partial charge in [0.2, 0.25) is 0 Å². The summed E-state index contributed by atoms with van der Waals surface area (Å²) < 4.78 is 6.53. The standard InChI is InChI=1S/C53H37NO/c1-53(2)47-21-8-7-17-44(47)45-20-10-19-42(51(45)53)37-26-31-39(32-27-37)54(48-22-9-14-34-12-3-5-15-40(34)48)38-29-24-36(25-30-38)41-18-11-23-49-50(41)46-33-28-35-13-4-6-16-43(35)52(46)55-49/h3-33H,1-2H3. The third-order valence-electron chi connectivity index (χ3n) is 11.8. The van der Waals surface area contributed by atoms with E-state index >= 15 is 0 Å². The van der Waals surface area contributed by atoms with Crippen molar-refractivity contribution in [3.05, 3.63) is 199 Å². The molecule has 2 heteroatoms. The van der Waals surface area contributed by atoms with Crippen molar-refractivity contribution >= 4 is 60.5 Å². The molecule has 2 nitrogen and oxygen atoms in total. The number of hydrogen-bond acceptors (Lipinski definition) is 2. The molecule has 0 fully saturated rings. The molecule has 0 bridgehead atoms. The Hall–Kier alpha value is -6.90. The molecule has 11 rings (SSSR count). The number of nitrogens with zero attached hydrogens (tertiary/aromatic N) is 1. The molecular weight excluding hydrogens is 667 g/mol. The normalized spacial score (nSPS) is 13.1. The molecule has 0 saturated carbocycles. The van der Waals surface area contributed by atoms with Gasteiger partial charge in [0.15, 0.2) is 0 Å². The lowest BCUT2D eigenvalue weighted by atomic mass is 9.79. The van der Waals surface area contributed by atoms with Gasteiger partial charge in [0.05, 0.1) is 5.69 Å². The van der Waals surface area contributed by atoms with Gasteiger partial charge in [-0.15, -0.1) is 0 Å². The van der Waals surface area contributed by atoms with Gasteiger partial charge in [0.25, 0.3) is 0 Å². The Morgan fingerprint density at radius 1 is 0.418 bits per heavy atom. The van der Waals surface area contributed by atoms with E-state index < -0.39 is 0 Å². The summed E-state index contributed by atoms with van der Waals surface area (Å²) >= 11 is 0. The number of fused-ring (bicyclic) bond motifs is 9. The number of anilines is 3. The van der Waals surface area contributed by atoms with Crippen LogP contribution in [0.4, 0.5) is 17.1 Å². The Balaban J connectivity index is 1.03. The van der Waals surface area contributed by atoms with Crippen molar-refractivity contribution < 1.29 is 4.42 Å². The summed E-state index contributed by atoms with van der Waals surface area (Å²) in [5.41, 5.74) is 15.4. The van der Waals surface area contributed by atoms with Crippen LogP contribution in [-0.2, 0) is 5.41 Å². The molecular formula is C53H37NO. The van der Waals surface area contributed by atoms with E-state index in [2.05, 4.69) is 207 Å². The molecule has 0 radical (unpaired) electrons. The molecule has 1 heterocycles. The van der Waals surface area contributed by atoms with E-state index in [0.29, 0.717) is 0 Å². The van der Waals surface area contributed by atoms with E-state index in [9.17, 15) is 0 Å². The molecule has 10 aromatic rings. The van der Waals surface area contributed by atoms with Crippen LogP contribution in [-0.4, -0.2) is 0 Å². The second-order valence-electron chi connectivity index (χ2n) is 15.3. The molecule has 0 aliphatic heterocycles. The third kappa shape index (κ3) is 4.81. The molecule has 55 heavy (non-hydrogen) atoms. The topological polar surface area (TPSA) is 16.4 Å². The minimum atomic E-state index is -0.0845. The minimum absolute atomic E-state index is 0.0845. The quantitative estimate of drug-likeness (QED) is 0.177. The average Bonchev–Trinajstić information content (AvgIpc) is 3.74. The van der Waals surface area contributed by atoms with Gasteiger partial charge < -0.3 is 9.32 Å². The van der Waals surface area contributed by atoms with E-state index in [0.717, 1.165) is 50.0 Å². The molecule has 0 N–H and O–H groups in total. The van der Waals surface area contributed by atoms with Crippen LogP contribution in [0.25, 0.3) is 76.9 Å². The molecule has 0 unspecified atom stereocenters. The molecule has 1 aliphatic rings. The molecule has 0 saturated heterocycles. The lowest BCUT2D eigenvalue weighted by Crippen LogP contribution is -2.16. The van der Waals surface area contributed by atoms with Crippen molar-refractivity contribution in [1.29, 1.82) is 0 Å². The zero-order chi connectivity index (χ0) is 36.7. The van der Waals surface area contributed by atoms with Gasteiger partial charge in [0.1, 0.15) is 11.2 Å². The summed E-state index contributed by atoms with van der Waals surface area (Å²) in [5, 5.41) is 7.04. The van der Waals surface area contributed by atoms with Crippen LogP contribution in [0.15, 0.2) is 192 Å². The van der Waals surface area contributed by atoms with Crippen molar-refractivity contribution in [3.63, 3.8) is 0 Å². The molecule has 1 aromatic heterocycles. The maximum absolute atomic E-state index is 6.53. The SMILES string of the molecule is CC1(C)c2ccccc2-c2cccc(-c3ccc(N(c4ccc(-c5cccc6oc7c8ccccc8ccc7c56)cc4)c4cccc5ccccc45)cc3)c21. The summed E-state index contributed by atoms with van der Waals surface area (Å²) in [4.78, 5) is 2.39. The van der Waals surface area contributed by atoms with Gasteiger partial charge in [-0.25, -0.2) is 0 Å². The summed E-state index contributed by atoms with van der Waals surface area (Å²) in [7, 11) is 0. The lowest BCUT2D eigenvalue weighted by molar-refractivity contribution is 0.662. The Kier molecular flexibility index (Phi) is 6.93. The minimum Gasteiger partial charge on any atom is -0.455 e. The Bertz CT molecular complexity index is 3110. The molecule has 9 aromatic carbocycles. The lowest BCUT2D eigenvalue weighted by Gasteiger charge is -2.28. The van der Waals surface area contributed by atoms with E-state index in [1.807, 2.05) is 0 Å².